The summed E-state index contributed by atoms with van der Waals surface area (Å²) < 4.78 is 6.19. The number of hydrogen-bond donors (Lipinski definition) is 0. The fourth-order valence-electron chi connectivity index (χ4n) is 2.91. The molecule has 16 heavy (non-hydrogen) atoms. The number of fused-ring (bicyclic) bond motifs is 2. The van der Waals surface area contributed by atoms with Crippen molar-refractivity contribution < 1.29 is 4.74 Å². The van der Waals surface area contributed by atoms with E-state index in [2.05, 4.69) is 37.4 Å². The van der Waals surface area contributed by atoms with Gasteiger partial charge in [-0.1, -0.05) is 43.5 Å². The fraction of sp³-hybridized carbons (Fsp3) is 0.333. The Morgan fingerprint density at radius 2 is 1.94 bits per heavy atom. The molecule has 1 heteroatoms. The van der Waals surface area contributed by atoms with Crippen molar-refractivity contribution in [3.05, 3.63) is 60.2 Å². The van der Waals surface area contributed by atoms with Gasteiger partial charge in [-0.3, -0.25) is 0 Å². The Bertz CT molecular complexity index is 446. The van der Waals surface area contributed by atoms with Crippen LogP contribution in [-0.2, 0) is 10.3 Å². The molecule has 2 fully saturated rings. The van der Waals surface area contributed by atoms with Gasteiger partial charge in [-0.2, -0.15) is 0 Å². The van der Waals surface area contributed by atoms with Crippen molar-refractivity contribution in [2.24, 2.45) is 0 Å². The molecule has 0 amide bonds. The van der Waals surface area contributed by atoms with E-state index in [1.807, 2.05) is 6.07 Å². The molecule has 1 aromatic rings. The second-order valence-electron chi connectivity index (χ2n) is 4.76. The van der Waals surface area contributed by atoms with Crippen molar-refractivity contribution in [3.8, 4) is 0 Å². The van der Waals surface area contributed by atoms with E-state index in [0.29, 0.717) is 6.10 Å². The van der Waals surface area contributed by atoms with Gasteiger partial charge < -0.3 is 4.74 Å². The summed E-state index contributed by atoms with van der Waals surface area (Å²) in [6, 6.07) is 10.4. The van der Waals surface area contributed by atoms with Crippen molar-refractivity contribution in [1.29, 1.82) is 0 Å². The number of rotatable bonds is 1. The molecule has 82 valence electrons. The Hall–Kier alpha value is -1.34. The summed E-state index contributed by atoms with van der Waals surface area (Å²) in [6.45, 7) is 8.33. The third kappa shape index (κ3) is 1.21. The summed E-state index contributed by atoms with van der Waals surface area (Å²) in [5, 5.41) is 0. The van der Waals surface area contributed by atoms with Gasteiger partial charge in [-0.25, -0.2) is 0 Å². The van der Waals surface area contributed by atoms with Gasteiger partial charge in [0.05, 0.1) is 6.10 Å². The molecule has 0 radical (unpaired) electrons. The summed E-state index contributed by atoms with van der Waals surface area (Å²) in [5.41, 5.74) is 3.19. The van der Waals surface area contributed by atoms with Crippen LogP contribution in [0.4, 0.5) is 0 Å². The molecule has 3 rings (SSSR count). The minimum atomic E-state index is -0.277. The first-order valence-corrected chi connectivity index (χ1v) is 5.83. The van der Waals surface area contributed by atoms with Gasteiger partial charge in [0.25, 0.3) is 0 Å². The zero-order chi connectivity index (χ0) is 11.2. The quantitative estimate of drug-likeness (QED) is 0.691. The van der Waals surface area contributed by atoms with Crippen LogP contribution >= 0.6 is 0 Å². The maximum atomic E-state index is 6.19. The number of ether oxygens (including phenoxy) is 1. The van der Waals surface area contributed by atoms with E-state index in [0.717, 1.165) is 30.4 Å². The van der Waals surface area contributed by atoms with Crippen LogP contribution in [-0.4, -0.2) is 6.10 Å². The number of benzene rings is 1. The van der Waals surface area contributed by atoms with E-state index < -0.39 is 0 Å². The predicted molar refractivity (Wildman–Crippen MR) is 65.1 cm³/mol. The molecule has 1 nitrogen and oxygen atoms in total. The zero-order valence-electron chi connectivity index (χ0n) is 9.41. The molecule has 2 unspecified atom stereocenters. The lowest BCUT2D eigenvalue weighted by Gasteiger charge is -2.37. The van der Waals surface area contributed by atoms with Gasteiger partial charge in [-0.05, 0) is 36.0 Å². The molecule has 0 spiro atoms. The lowest BCUT2D eigenvalue weighted by atomic mass is 9.81. The highest BCUT2D eigenvalue weighted by Gasteiger charge is 2.48. The third-order valence-electron chi connectivity index (χ3n) is 3.81. The third-order valence-corrected chi connectivity index (χ3v) is 3.81. The van der Waals surface area contributed by atoms with E-state index >= 15 is 0 Å². The standard InChI is InChI=1S/C15H16O/c1-11-10-14-8-9-15(16-14,12(11)2)13-6-4-3-5-7-13/h3-7,14H,1-2,8-10H2. The maximum Gasteiger partial charge on any atom is 0.118 e. The van der Waals surface area contributed by atoms with Crippen molar-refractivity contribution in [3.63, 3.8) is 0 Å². The molecular weight excluding hydrogens is 196 g/mol. The average Bonchev–Trinajstić information content (AvgIpc) is 2.69. The lowest BCUT2D eigenvalue weighted by Crippen LogP contribution is -2.33. The zero-order valence-corrected chi connectivity index (χ0v) is 9.41. The Kier molecular flexibility index (Phi) is 2.05. The van der Waals surface area contributed by atoms with E-state index in [9.17, 15) is 0 Å². The Labute approximate surface area is 96.4 Å². The SMILES string of the molecule is C=C1CC2CCC(c3ccccc3)(O2)C1=C. The Balaban J connectivity index is 2.10. The molecule has 2 aliphatic rings. The highest BCUT2D eigenvalue weighted by atomic mass is 16.5. The maximum absolute atomic E-state index is 6.19. The van der Waals surface area contributed by atoms with Crippen molar-refractivity contribution >= 4 is 0 Å². The molecular formula is C15H16O. The largest absolute Gasteiger partial charge is 0.362 e. The van der Waals surface area contributed by atoms with Gasteiger partial charge in [0.2, 0.25) is 0 Å². The normalized spacial score (nSPS) is 33.1. The molecule has 0 aromatic heterocycles. The van der Waals surface area contributed by atoms with Gasteiger partial charge in [0, 0.05) is 0 Å². The molecule has 0 N–H and O–H groups in total. The Morgan fingerprint density at radius 3 is 2.69 bits per heavy atom. The molecule has 2 atom stereocenters. The first-order valence-electron chi connectivity index (χ1n) is 5.83. The molecule has 1 aromatic carbocycles. The second-order valence-corrected chi connectivity index (χ2v) is 4.76. The lowest BCUT2D eigenvalue weighted by molar-refractivity contribution is -0.0307. The van der Waals surface area contributed by atoms with Crippen molar-refractivity contribution in [1.82, 2.24) is 0 Å². The van der Waals surface area contributed by atoms with Crippen LogP contribution in [0, 0.1) is 0 Å². The van der Waals surface area contributed by atoms with Crippen LogP contribution in [0.1, 0.15) is 24.8 Å². The van der Waals surface area contributed by atoms with E-state index in [1.165, 1.54) is 5.56 Å². The van der Waals surface area contributed by atoms with Gasteiger partial charge in [0.15, 0.2) is 0 Å². The van der Waals surface area contributed by atoms with Gasteiger partial charge in [-0.15, -0.1) is 0 Å². The Morgan fingerprint density at radius 1 is 1.19 bits per heavy atom. The molecule has 0 aliphatic carbocycles. The second kappa shape index (κ2) is 3.33. The highest BCUT2D eigenvalue weighted by molar-refractivity contribution is 5.45. The first-order chi connectivity index (χ1) is 7.72. The van der Waals surface area contributed by atoms with Gasteiger partial charge in [0.1, 0.15) is 5.60 Å². The molecule has 2 saturated heterocycles. The summed E-state index contributed by atoms with van der Waals surface area (Å²) in [6.07, 6.45) is 3.46. The van der Waals surface area contributed by atoms with Crippen molar-refractivity contribution in [2.75, 3.05) is 0 Å². The van der Waals surface area contributed by atoms with Gasteiger partial charge >= 0.3 is 0 Å². The number of hydrogen-bond acceptors (Lipinski definition) is 1. The molecule has 2 aliphatic heterocycles. The summed E-state index contributed by atoms with van der Waals surface area (Å²) in [4.78, 5) is 0. The molecule has 2 heterocycles. The average molecular weight is 212 g/mol. The van der Waals surface area contributed by atoms with Crippen LogP contribution in [0.15, 0.2) is 54.6 Å². The van der Waals surface area contributed by atoms with Crippen LogP contribution in [0.3, 0.4) is 0 Å². The van der Waals surface area contributed by atoms with E-state index in [4.69, 9.17) is 4.74 Å². The highest BCUT2D eigenvalue weighted by Crippen LogP contribution is 2.52. The van der Waals surface area contributed by atoms with E-state index in [-0.39, 0.29) is 5.60 Å². The fourth-order valence-corrected chi connectivity index (χ4v) is 2.91. The summed E-state index contributed by atoms with van der Waals surface area (Å²) in [5.74, 6) is 0. The molecule has 2 bridgehead atoms. The summed E-state index contributed by atoms with van der Waals surface area (Å²) >= 11 is 0. The van der Waals surface area contributed by atoms with Crippen LogP contribution < -0.4 is 0 Å². The summed E-state index contributed by atoms with van der Waals surface area (Å²) in [7, 11) is 0. The van der Waals surface area contributed by atoms with Crippen LogP contribution in [0.25, 0.3) is 0 Å². The van der Waals surface area contributed by atoms with Crippen LogP contribution in [0.5, 0.6) is 0 Å². The van der Waals surface area contributed by atoms with E-state index in [1.54, 1.807) is 0 Å². The first kappa shape index (κ1) is 9.86. The minimum absolute atomic E-state index is 0.277. The predicted octanol–water partition coefficient (Wildman–Crippen LogP) is 3.58. The molecule has 0 saturated carbocycles. The van der Waals surface area contributed by atoms with Crippen molar-refractivity contribution in [2.45, 2.75) is 31.0 Å². The van der Waals surface area contributed by atoms with Crippen LogP contribution in [0.2, 0.25) is 0 Å². The minimum Gasteiger partial charge on any atom is -0.362 e. The monoisotopic (exact) mass is 212 g/mol. The smallest absolute Gasteiger partial charge is 0.118 e. The topological polar surface area (TPSA) is 9.23 Å².